The van der Waals surface area contributed by atoms with Crippen molar-refractivity contribution in [2.45, 2.75) is 25.9 Å². The molecule has 1 amide bonds. The molecule has 0 saturated carbocycles. The van der Waals surface area contributed by atoms with Crippen molar-refractivity contribution >= 4 is 17.4 Å². The topological polar surface area (TPSA) is 95.7 Å². The van der Waals surface area contributed by atoms with E-state index in [0.717, 1.165) is 0 Å². The number of hydrogen-bond acceptors (Lipinski definition) is 5. The molecule has 2 aromatic carbocycles. The lowest BCUT2D eigenvalue weighted by Gasteiger charge is -2.26. The molecule has 4 rings (SSSR count). The number of methoxy groups -OCH3 is 1. The van der Waals surface area contributed by atoms with Gasteiger partial charge in [-0.3, -0.25) is 14.6 Å². The highest BCUT2D eigenvalue weighted by Gasteiger charge is 2.46. The van der Waals surface area contributed by atoms with Crippen molar-refractivity contribution in [3.05, 3.63) is 83.7 Å². The lowest BCUT2D eigenvalue weighted by Crippen LogP contribution is -2.36. The number of halogens is 1. The second-order valence-electron chi connectivity index (χ2n) is 8.05. The first-order valence-electron chi connectivity index (χ1n) is 11.3. The minimum atomic E-state index is -0.846. The van der Waals surface area contributed by atoms with Crippen LogP contribution in [0.5, 0.6) is 11.5 Å². The summed E-state index contributed by atoms with van der Waals surface area (Å²) in [6.45, 7) is 3.20. The third kappa shape index (κ3) is 4.89. The van der Waals surface area contributed by atoms with Gasteiger partial charge in [-0.15, -0.1) is 0 Å². The summed E-state index contributed by atoms with van der Waals surface area (Å²) in [5.41, 5.74) is 0.778. The van der Waals surface area contributed by atoms with Gasteiger partial charge in [-0.05, 0) is 48.9 Å². The van der Waals surface area contributed by atoms with Crippen molar-refractivity contribution in [2.24, 2.45) is 0 Å². The lowest BCUT2D eigenvalue weighted by molar-refractivity contribution is -0.695. The fourth-order valence-electron chi connectivity index (χ4n) is 4.23. The van der Waals surface area contributed by atoms with E-state index in [-0.39, 0.29) is 23.4 Å². The normalized spacial score (nSPS) is 17.1. The number of rotatable bonds is 9. The van der Waals surface area contributed by atoms with Crippen molar-refractivity contribution in [1.82, 2.24) is 9.88 Å². The number of carbonyl (C=O) groups excluding carboxylic acids is 2. The molecule has 1 fully saturated rings. The number of imidazole rings is 1. The Hall–Kier alpha value is -4.14. The monoisotopic (exact) mass is 480 g/mol. The number of nitrogens with zero attached hydrogens (tertiary/aromatic N) is 2. The number of ketones is 1. The van der Waals surface area contributed by atoms with Crippen molar-refractivity contribution in [3.8, 4) is 11.5 Å². The second kappa shape index (κ2) is 10.4. The van der Waals surface area contributed by atoms with E-state index < -0.39 is 23.5 Å². The zero-order chi connectivity index (χ0) is 24.9. The molecular formula is C26H27FN3O5+. The van der Waals surface area contributed by atoms with Crippen LogP contribution in [0.15, 0.2) is 66.8 Å². The molecule has 182 valence electrons. The average molecular weight is 481 g/mol. The Bertz CT molecular complexity index is 1240. The van der Waals surface area contributed by atoms with Gasteiger partial charge in [-0.1, -0.05) is 6.07 Å². The van der Waals surface area contributed by atoms with E-state index >= 15 is 0 Å². The lowest BCUT2D eigenvalue weighted by atomic mass is 9.95. The van der Waals surface area contributed by atoms with Crippen LogP contribution >= 0.6 is 0 Å². The van der Waals surface area contributed by atoms with Crippen molar-refractivity contribution in [1.29, 1.82) is 0 Å². The number of aromatic amines is 1. The Labute approximate surface area is 202 Å². The Balaban J connectivity index is 1.77. The van der Waals surface area contributed by atoms with Crippen LogP contribution in [-0.2, 0) is 16.1 Å². The molecule has 1 saturated heterocycles. The number of carbonyl (C=O) groups is 2. The molecule has 1 aromatic heterocycles. The van der Waals surface area contributed by atoms with Gasteiger partial charge in [-0.2, -0.15) is 0 Å². The molecule has 3 aromatic rings. The quantitative estimate of drug-likeness (QED) is 0.212. The molecule has 1 aliphatic rings. The summed E-state index contributed by atoms with van der Waals surface area (Å²) in [4.78, 5) is 30.7. The molecule has 8 nitrogen and oxygen atoms in total. The van der Waals surface area contributed by atoms with Crippen LogP contribution in [-0.4, -0.2) is 46.9 Å². The Morgan fingerprint density at radius 2 is 1.94 bits per heavy atom. The molecule has 0 spiro atoms. The van der Waals surface area contributed by atoms with Gasteiger partial charge < -0.3 is 19.5 Å². The number of aliphatic hydroxyl groups excluding tert-OH is 1. The van der Waals surface area contributed by atoms with Gasteiger partial charge in [0.15, 0.2) is 11.5 Å². The maximum Gasteiger partial charge on any atom is 0.295 e. The summed E-state index contributed by atoms with van der Waals surface area (Å²) < 4.78 is 26.5. The number of Topliss-reactive ketones (excluding diaryl/α,β-unsaturated/α-hetero) is 1. The average Bonchev–Trinajstić information content (AvgIpc) is 3.47. The third-order valence-electron chi connectivity index (χ3n) is 5.88. The standard InChI is InChI=1S/C26H26FN3O5/c1-3-35-20-10-7-18(15-21(20)34-2)23-22(24(31)17-5-8-19(27)9-6-17)25(32)26(33)30(23)13-4-12-29-14-11-28-16-29/h5-11,14-16,23H,3-4,12-13H2,1-2H3,(H,31,32)/p+1. The van der Waals surface area contributed by atoms with Crippen LogP contribution in [0.4, 0.5) is 4.39 Å². The summed E-state index contributed by atoms with van der Waals surface area (Å²) in [5, 5.41) is 11.1. The fraction of sp³-hybridized carbons (Fsp3) is 0.269. The van der Waals surface area contributed by atoms with Crippen LogP contribution in [0, 0.1) is 5.82 Å². The minimum absolute atomic E-state index is 0.0536. The maximum absolute atomic E-state index is 13.5. The molecule has 1 atom stereocenters. The highest BCUT2D eigenvalue weighted by molar-refractivity contribution is 6.46. The number of nitrogens with one attached hydrogen (secondary N) is 1. The number of aromatic nitrogens is 2. The van der Waals surface area contributed by atoms with Crippen LogP contribution in [0.25, 0.3) is 5.76 Å². The maximum atomic E-state index is 13.5. The van der Waals surface area contributed by atoms with Crippen LogP contribution in [0.1, 0.15) is 30.5 Å². The van der Waals surface area contributed by atoms with Gasteiger partial charge in [0, 0.05) is 18.5 Å². The molecule has 2 heterocycles. The second-order valence-corrected chi connectivity index (χ2v) is 8.05. The van der Waals surface area contributed by atoms with E-state index in [0.29, 0.717) is 36.6 Å². The van der Waals surface area contributed by atoms with Gasteiger partial charge in [-0.25, -0.2) is 8.96 Å². The highest BCUT2D eigenvalue weighted by atomic mass is 19.1. The predicted molar refractivity (Wildman–Crippen MR) is 125 cm³/mol. The predicted octanol–water partition coefficient (Wildman–Crippen LogP) is 3.36. The molecule has 1 unspecified atom stereocenters. The Morgan fingerprint density at radius 3 is 2.60 bits per heavy atom. The molecule has 0 bridgehead atoms. The summed E-state index contributed by atoms with van der Waals surface area (Å²) in [7, 11) is 1.51. The number of hydrogen-bond donors (Lipinski definition) is 2. The first-order chi connectivity index (χ1) is 16.9. The van der Waals surface area contributed by atoms with Crippen molar-refractivity contribution in [2.75, 3.05) is 20.3 Å². The van der Waals surface area contributed by atoms with Crippen LogP contribution in [0.3, 0.4) is 0 Å². The van der Waals surface area contributed by atoms with Crippen molar-refractivity contribution < 1.29 is 33.1 Å². The SMILES string of the molecule is CCOc1ccc(C2/C(=C(\O)c3ccc(F)cc3)C(=O)C(=O)N2CCC[n+]2cc[nH]c2)cc1OC. The number of likely N-dealkylation sites (tertiary alicyclic amines) is 1. The number of amides is 1. The molecule has 0 aliphatic carbocycles. The molecular weight excluding hydrogens is 453 g/mol. The molecule has 0 radical (unpaired) electrons. The summed E-state index contributed by atoms with van der Waals surface area (Å²) >= 11 is 0. The third-order valence-corrected chi connectivity index (χ3v) is 5.88. The van der Waals surface area contributed by atoms with Gasteiger partial charge in [0.05, 0.1) is 31.9 Å². The van der Waals surface area contributed by atoms with E-state index in [1.807, 2.05) is 17.7 Å². The van der Waals surface area contributed by atoms with Gasteiger partial charge in [0.1, 0.15) is 24.0 Å². The molecule has 9 heteroatoms. The van der Waals surface area contributed by atoms with Gasteiger partial charge in [0.25, 0.3) is 11.7 Å². The van der Waals surface area contributed by atoms with E-state index in [1.54, 1.807) is 30.7 Å². The Kier molecular flexibility index (Phi) is 7.14. The van der Waals surface area contributed by atoms with E-state index in [1.165, 1.54) is 36.3 Å². The molecule has 2 N–H and O–H groups in total. The number of aliphatic hydroxyl groups is 1. The largest absolute Gasteiger partial charge is 0.507 e. The highest BCUT2D eigenvalue weighted by Crippen LogP contribution is 2.42. The van der Waals surface area contributed by atoms with E-state index in [2.05, 4.69) is 4.98 Å². The van der Waals surface area contributed by atoms with Gasteiger partial charge >= 0.3 is 0 Å². The number of benzene rings is 2. The van der Waals surface area contributed by atoms with Crippen LogP contribution < -0.4 is 14.0 Å². The number of aryl methyl sites for hydroxylation is 1. The smallest absolute Gasteiger partial charge is 0.295 e. The van der Waals surface area contributed by atoms with E-state index in [4.69, 9.17) is 9.47 Å². The fourth-order valence-corrected chi connectivity index (χ4v) is 4.23. The summed E-state index contributed by atoms with van der Waals surface area (Å²) in [5.74, 6) is -1.36. The van der Waals surface area contributed by atoms with Gasteiger partial charge in [0.2, 0.25) is 6.33 Å². The zero-order valence-corrected chi connectivity index (χ0v) is 19.5. The zero-order valence-electron chi connectivity index (χ0n) is 19.5. The molecule has 1 aliphatic heterocycles. The molecule has 35 heavy (non-hydrogen) atoms. The summed E-state index contributed by atoms with van der Waals surface area (Å²) in [6.07, 6.45) is 6.05. The number of ether oxygens (including phenoxy) is 2. The van der Waals surface area contributed by atoms with Crippen molar-refractivity contribution in [3.63, 3.8) is 0 Å². The first-order valence-corrected chi connectivity index (χ1v) is 11.3. The number of H-pyrrole nitrogens is 1. The van der Waals surface area contributed by atoms with E-state index in [9.17, 15) is 19.1 Å². The van der Waals surface area contributed by atoms with Crippen LogP contribution in [0.2, 0.25) is 0 Å². The minimum Gasteiger partial charge on any atom is -0.507 e. The first kappa shape index (κ1) is 24.0. The Morgan fingerprint density at radius 1 is 1.17 bits per heavy atom. The summed E-state index contributed by atoms with van der Waals surface area (Å²) in [6, 6.07) is 9.44.